The van der Waals surface area contributed by atoms with E-state index in [9.17, 15) is 19.5 Å². The van der Waals surface area contributed by atoms with Gasteiger partial charge in [0.1, 0.15) is 11.3 Å². The highest BCUT2D eigenvalue weighted by Crippen LogP contribution is 2.32. The van der Waals surface area contributed by atoms with E-state index in [0.717, 1.165) is 0 Å². The van der Waals surface area contributed by atoms with Crippen LogP contribution in [0.5, 0.6) is 5.75 Å². The van der Waals surface area contributed by atoms with E-state index in [4.69, 9.17) is 4.42 Å². The Morgan fingerprint density at radius 1 is 0.962 bits per heavy atom. The quantitative estimate of drug-likeness (QED) is 0.714. The first-order chi connectivity index (χ1) is 12.5. The molecule has 0 aliphatic heterocycles. The van der Waals surface area contributed by atoms with E-state index in [2.05, 4.69) is 0 Å². The Morgan fingerprint density at radius 2 is 1.73 bits per heavy atom. The molecular formula is C20H12O5S. The van der Waals surface area contributed by atoms with Gasteiger partial charge in [-0.05, 0) is 17.7 Å². The van der Waals surface area contributed by atoms with Gasteiger partial charge in [-0.1, -0.05) is 24.3 Å². The van der Waals surface area contributed by atoms with Gasteiger partial charge in [0.25, 0.3) is 0 Å². The number of allylic oxidation sites excluding steroid dienone is 2. The third kappa shape index (κ3) is 2.84. The number of fused-ring (bicyclic) bond motifs is 2. The first-order valence-corrected chi connectivity index (χ1v) is 8.80. The van der Waals surface area contributed by atoms with Crippen molar-refractivity contribution in [1.29, 1.82) is 0 Å². The molecule has 26 heavy (non-hydrogen) atoms. The lowest BCUT2D eigenvalue weighted by Crippen LogP contribution is -2.15. The lowest BCUT2D eigenvalue weighted by Gasteiger charge is -2.14. The summed E-state index contributed by atoms with van der Waals surface area (Å²) in [5.41, 5.74) is 1.21. The fraction of sp³-hybridized carbons (Fsp3) is 0.0500. The van der Waals surface area contributed by atoms with Gasteiger partial charge < -0.3 is 9.52 Å². The largest absolute Gasteiger partial charge is 0.508 e. The summed E-state index contributed by atoms with van der Waals surface area (Å²) >= 11 is 1.20. The van der Waals surface area contributed by atoms with Gasteiger partial charge in [0.15, 0.2) is 11.6 Å². The molecule has 1 aliphatic rings. The molecule has 0 bridgehead atoms. The van der Waals surface area contributed by atoms with Crippen LogP contribution in [0.1, 0.15) is 26.3 Å². The van der Waals surface area contributed by atoms with Crippen molar-refractivity contribution in [1.82, 2.24) is 0 Å². The Bertz CT molecular complexity index is 1160. The predicted octanol–water partition coefficient (Wildman–Crippen LogP) is 3.69. The van der Waals surface area contributed by atoms with Gasteiger partial charge in [-0.25, -0.2) is 4.79 Å². The fourth-order valence-corrected chi connectivity index (χ4v) is 3.87. The second-order valence-electron chi connectivity index (χ2n) is 5.81. The molecule has 0 spiro atoms. The smallest absolute Gasteiger partial charge is 0.336 e. The van der Waals surface area contributed by atoms with Crippen molar-refractivity contribution in [3.63, 3.8) is 0 Å². The summed E-state index contributed by atoms with van der Waals surface area (Å²) in [5, 5.41) is 10.2. The molecule has 3 aromatic rings. The van der Waals surface area contributed by atoms with E-state index in [1.807, 2.05) is 0 Å². The van der Waals surface area contributed by atoms with Crippen molar-refractivity contribution in [2.75, 3.05) is 0 Å². The standard InChI is InChI=1S/C20H12O5S/c21-12-5-6-13-11(7-19(23)25-17(13)8-12)10-26-18-9-16(22)14-3-1-2-4-15(14)20(18)24/h1-9,21H,10H2. The van der Waals surface area contributed by atoms with E-state index in [1.54, 1.807) is 30.3 Å². The van der Waals surface area contributed by atoms with Gasteiger partial charge in [-0.2, -0.15) is 0 Å². The fourth-order valence-electron chi connectivity index (χ4n) is 2.89. The molecule has 0 radical (unpaired) electrons. The van der Waals surface area contributed by atoms with Crippen molar-refractivity contribution in [3.05, 3.63) is 86.6 Å². The van der Waals surface area contributed by atoms with Crippen LogP contribution in [0.2, 0.25) is 0 Å². The van der Waals surface area contributed by atoms with Gasteiger partial charge in [0.2, 0.25) is 0 Å². The maximum atomic E-state index is 12.6. The molecule has 0 saturated carbocycles. The van der Waals surface area contributed by atoms with E-state index in [-0.39, 0.29) is 22.9 Å². The summed E-state index contributed by atoms with van der Waals surface area (Å²) in [6.07, 6.45) is 1.34. The minimum atomic E-state index is -0.538. The third-order valence-corrected chi connectivity index (χ3v) is 5.19. The molecule has 0 unspecified atom stereocenters. The Morgan fingerprint density at radius 3 is 2.54 bits per heavy atom. The monoisotopic (exact) mass is 364 g/mol. The van der Waals surface area contributed by atoms with Gasteiger partial charge in [0, 0.05) is 40.5 Å². The van der Waals surface area contributed by atoms with Crippen molar-refractivity contribution in [2.24, 2.45) is 0 Å². The number of phenols is 1. The molecule has 1 N–H and O–H groups in total. The molecule has 1 aliphatic carbocycles. The second kappa shape index (κ2) is 6.31. The molecule has 128 valence electrons. The van der Waals surface area contributed by atoms with Crippen molar-refractivity contribution in [3.8, 4) is 5.75 Å². The van der Waals surface area contributed by atoms with Crippen LogP contribution in [-0.2, 0) is 5.75 Å². The molecule has 0 amide bonds. The van der Waals surface area contributed by atoms with Gasteiger partial charge >= 0.3 is 5.63 Å². The lowest BCUT2D eigenvalue weighted by molar-refractivity contribution is 0.0991. The van der Waals surface area contributed by atoms with Crippen molar-refractivity contribution >= 4 is 34.3 Å². The van der Waals surface area contributed by atoms with E-state index in [1.165, 1.54) is 36.0 Å². The highest BCUT2D eigenvalue weighted by Gasteiger charge is 2.25. The summed E-state index contributed by atoms with van der Waals surface area (Å²) in [6.45, 7) is 0. The Hall–Kier alpha value is -3.12. The minimum absolute atomic E-state index is 0.00202. The summed E-state index contributed by atoms with van der Waals surface area (Å²) < 4.78 is 5.10. The number of hydrogen-bond donors (Lipinski definition) is 1. The average molecular weight is 364 g/mol. The van der Waals surface area contributed by atoms with Crippen LogP contribution in [0, 0.1) is 0 Å². The number of phenolic OH excluding ortho intramolecular Hbond substituents is 1. The minimum Gasteiger partial charge on any atom is -0.508 e. The molecule has 6 heteroatoms. The normalized spacial score (nSPS) is 13.6. The molecule has 1 heterocycles. The molecule has 1 aromatic heterocycles. The number of carbonyl (C=O) groups is 2. The van der Waals surface area contributed by atoms with E-state index >= 15 is 0 Å². The van der Waals surface area contributed by atoms with Gasteiger partial charge in [-0.15, -0.1) is 11.8 Å². The third-order valence-electron chi connectivity index (χ3n) is 4.12. The number of ketones is 2. The maximum absolute atomic E-state index is 12.6. The first kappa shape index (κ1) is 16.4. The number of thioether (sulfide) groups is 1. The molecular weight excluding hydrogens is 352 g/mol. The number of benzene rings is 2. The lowest BCUT2D eigenvalue weighted by atomic mass is 9.95. The summed E-state index contributed by atoms with van der Waals surface area (Å²) in [5.74, 6) is -0.0853. The predicted molar refractivity (Wildman–Crippen MR) is 98.6 cm³/mol. The number of aromatic hydroxyl groups is 1. The Labute approximate surface area is 152 Å². The topological polar surface area (TPSA) is 84.6 Å². The first-order valence-electron chi connectivity index (χ1n) is 7.81. The Balaban J connectivity index is 1.66. The summed E-state index contributed by atoms with van der Waals surface area (Å²) in [4.78, 5) is 36.9. The average Bonchev–Trinajstić information content (AvgIpc) is 2.63. The molecule has 2 aromatic carbocycles. The highest BCUT2D eigenvalue weighted by molar-refractivity contribution is 8.03. The zero-order valence-corrected chi connectivity index (χ0v) is 14.2. The molecule has 0 saturated heterocycles. The number of Topliss-reactive ketones (excluding diaryl/α,β-unsaturated/α-hetero) is 1. The molecule has 0 fully saturated rings. The second-order valence-corrected chi connectivity index (χ2v) is 6.82. The van der Waals surface area contributed by atoms with Gasteiger partial charge in [-0.3, -0.25) is 9.59 Å². The summed E-state index contributed by atoms with van der Waals surface area (Å²) in [6, 6.07) is 12.6. The summed E-state index contributed by atoms with van der Waals surface area (Å²) in [7, 11) is 0. The maximum Gasteiger partial charge on any atom is 0.336 e. The Kier molecular flexibility index (Phi) is 3.97. The van der Waals surface area contributed by atoms with Crippen LogP contribution >= 0.6 is 11.8 Å². The van der Waals surface area contributed by atoms with Gasteiger partial charge in [0.05, 0.1) is 4.91 Å². The van der Waals surface area contributed by atoms with Crippen LogP contribution < -0.4 is 5.63 Å². The molecule has 0 atom stereocenters. The van der Waals surface area contributed by atoms with E-state index < -0.39 is 5.63 Å². The van der Waals surface area contributed by atoms with Crippen LogP contribution in [-0.4, -0.2) is 16.7 Å². The van der Waals surface area contributed by atoms with Crippen LogP contribution in [0.25, 0.3) is 11.0 Å². The molecule has 5 nitrogen and oxygen atoms in total. The van der Waals surface area contributed by atoms with Crippen molar-refractivity contribution in [2.45, 2.75) is 5.75 Å². The number of rotatable bonds is 3. The SMILES string of the molecule is O=C1C=C(SCc2cc(=O)oc3cc(O)ccc23)C(=O)c2ccccc21. The van der Waals surface area contributed by atoms with Crippen LogP contribution in [0.3, 0.4) is 0 Å². The van der Waals surface area contributed by atoms with E-state index in [0.29, 0.717) is 32.7 Å². The zero-order valence-electron chi connectivity index (χ0n) is 13.4. The van der Waals surface area contributed by atoms with Crippen LogP contribution in [0.4, 0.5) is 0 Å². The molecule has 4 rings (SSSR count). The van der Waals surface area contributed by atoms with Crippen LogP contribution in [0.15, 0.2) is 68.7 Å². The highest BCUT2D eigenvalue weighted by atomic mass is 32.2. The zero-order chi connectivity index (χ0) is 18.3. The van der Waals surface area contributed by atoms with Crippen molar-refractivity contribution < 1.29 is 19.1 Å². The number of carbonyl (C=O) groups excluding carboxylic acids is 2. The number of hydrogen-bond acceptors (Lipinski definition) is 6.